The second-order valence-electron chi connectivity index (χ2n) is 38.5. The number of carboxylic acids is 2. The monoisotopic (exact) mass is 2060 g/mol. The van der Waals surface area contributed by atoms with Gasteiger partial charge in [-0.05, 0) is 19.3 Å². The number of carbonyl (C=O) groups is 6. The summed E-state index contributed by atoms with van der Waals surface area (Å²) in [4.78, 5) is 79.1. The van der Waals surface area contributed by atoms with Crippen LogP contribution in [0.25, 0.3) is 0 Å². The fraction of sp³-hybridized carbons (Fsp3) is 0.915. The summed E-state index contributed by atoms with van der Waals surface area (Å²) >= 11 is 0. The molecule has 7 saturated heterocycles. The van der Waals surface area contributed by atoms with Crippen LogP contribution in [0.3, 0.4) is 0 Å². The highest BCUT2D eigenvalue weighted by molar-refractivity contribution is 5.78. The lowest BCUT2D eigenvalue weighted by Gasteiger charge is -2.52. The van der Waals surface area contributed by atoms with Crippen LogP contribution in [0, 0.1) is 0 Å². The first-order valence-electron chi connectivity index (χ1n) is 50.7. The highest BCUT2D eigenvalue weighted by atomic mass is 16.8. The van der Waals surface area contributed by atoms with E-state index < -0.39 is 333 Å². The molecule has 0 aromatic rings. The van der Waals surface area contributed by atoms with E-state index in [4.69, 9.17) is 66.3 Å². The van der Waals surface area contributed by atoms with Gasteiger partial charge in [0.05, 0.1) is 89.3 Å². The molecule has 14 unspecified atom stereocenters. The Hall–Kier alpha value is -4.88. The molecule has 48 nitrogen and oxygen atoms in total. The molecule has 0 radical (unpaired) electrons. The van der Waals surface area contributed by atoms with Crippen molar-refractivity contribution in [3.05, 3.63) is 12.2 Å². The average Bonchev–Trinajstić information content (AvgIpc) is 0.745. The van der Waals surface area contributed by atoms with Crippen molar-refractivity contribution in [2.45, 2.75) is 491 Å². The molecule has 48 heteroatoms. The molecule has 28 N–H and O–H groups in total. The number of aliphatic hydroxyl groups excluding tert-OH is 22. The Morgan fingerprint density at radius 2 is 0.725 bits per heavy atom. The van der Waals surface area contributed by atoms with Gasteiger partial charge >= 0.3 is 11.9 Å². The largest absolute Gasteiger partial charge is 0.477 e. The van der Waals surface area contributed by atoms with Crippen molar-refractivity contribution in [1.29, 1.82) is 0 Å². The first-order valence-corrected chi connectivity index (χ1v) is 50.7. The summed E-state index contributed by atoms with van der Waals surface area (Å²) < 4.78 is 83.1. The van der Waals surface area contributed by atoms with Gasteiger partial charge in [-0.2, -0.15) is 0 Å². The summed E-state index contributed by atoms with van der Waals surface area (Å²) in [5.41, 5.74) is 0. The molecule has 0 spiro atoms. The van der Waals surface area contributed by atoms with E-state index in [0.717, 1.165) is 78.6 Å². The van der Waals surface area contributed by atoms with Crippen LogP contribution < -0.4 is 21.3 Å². The van der Waals surface area contributed by atoms with Crippen LogP contribution in [-0.2, 0) is 95.1 Å². The minimum atomic E-state index is -3.51. The van der Waals surface area contributed by atoms with Gasteiger partial charge in [-0.1, -0.05) is 206 Å². The molecule has 0 aromatic carbocycles. The highest BCUT2D eigenvalue weighted by Crippen LogP contribution is 2.43. The quantitative estimate of drug-likeness (QED) is 0.0202. The maximum absolute atomic E-state index is 13.7. The van der Waals surface area contributed by atoms with Crippen molar-refractivity contribution in [3.8, 4) is 0 Å². The molecule has 39 atom stereocenters. The number of hydrogen-bond acceptors (Lipinski definition) is 42. The van der Waals surface area contributed by atoms with Crippen LogP contribution in [0.15, 0.2) is 12.2 Å². The molecule has 0 aliphatic carbocycles. The minimum Gasteiger partial charge on any atom is -0.477 e. The lowest BCUT2D eigenvalue weighted by atomic mass is 9.88. The van der Waals surface area contributed by atoms with Crippen LogP contribution in [0.5, 0.6) is 0 Å². The molecule has 7 fully saturated rings. The van der Waals surface area contributed by atoms with E-state index in [-0.39, 0.29) is 12.3 Å². The van der Waals surface area contributed by atoms with Crippen LogP contribution in [0.2, 0.25) is 0 Å². The summed E-state index contributed by atoms with van der Waals surface area (Å²) in [6.07, 6.45) is -36.4. The predicted molar refractivity (Wildman–Crippen MR) is 491 cm³/mol. The number of allylic oxidation sites excluding steroid dienone is 1. The zero-order valence-electron chi connectivity index (χ0n) is 82.1. The van der Waals surface area contributed by atoms with Gasteiger partial charge < -0.3 is 210 Å². The Balaban J connectivity index is 1.06. The number of rotatable bonds is 66. The molecule has 7 aliphatic heterocycles. The standard InChI is InChI=1S/C94H166N4O44/c1-6-8-10-12-14-16-18-20-21-22-23-24-25-27-29-31-33-35-37-39-64(113)98-53(54(108)38-36-34-32-30-28-26-19-17-15-13-11-9-7-2)48-129-87-75(121)73(119)79(61(46-103)133-87)136-88-76(122)74(120)80(62(47-104)134-88)137-89-77(123)84(71(117)60(45-102)132-89)139-86-67(97-52(5)107)81(70(116)59(44-101)131-86)138-90-78(124)85(142-94(92(127)128)41-56(110)66(96-51(4)106)83(141-94)69(115)58(112)43-100)72(118)63(135-90)49-130-93(91(125)126)40-55(109)65(95-50(3)105)82(140-93)68(114)57(111)42-99/h36,38,53-63,65-90,99-104,108-112,114-124H,6-35,37,39-49H2,1-5H3,(H,95,105)(H,96,106)(H,97,107)(H,98,113)(H,125,126)(H,127,128)/b38-36+/t53-,54+,55?,56?,57+,58+,59?,60?,61?,62?,63?,65+,66+,67?,68+,69+,70-,71-,72-,73+,74+,75?,76?,77?,78?,79+,80-,81+,82?,83?,84-,85-,86-,87+,88-,89-,90-,93+,94-/m0/s1. The average molecular weight is 2060 g/mol. The van der Waals surface area contributed by atoms with Crippen molar-refractivity contribution in [3.63, 3.8) is 0 Å². The molecular formula is C94H166N4O44. The van der Waals surface area contributed by atoms with Gasteiger partial charge in [-0.3, -0.25) is 19.2 Å². The van der Waals surface area contributed by atoms with Gasteiger partial charge in [-0.15, -0.1) is 0 Å². The number of ether oxygens (including phenoxy) is 14. The summed E-state index contributed by atoms with van der Waals surface area (Å²) in [5, 5.41) is 281. The van der Waals surface area contributed by atoms with E-state index >= 15 is 0 Å². The van der Waals surface area contributed by atoms with E-state index in [0.29, 0.717) is 12.8 Å². The number of carboxylic acid groups (broad SMARTS) is 2. The van der Waals surface area contributed by atoms with Crippen LogP contribution in [-0.4, -0.2) is 449 Å². The maximum Gasteiger partial charge on any atom is 0.364 e. The molecular weight excluding hydrogens is 1890 g/mol. The number of aliphatic carboxylic acids is 2. The van der Waals surface area contributed by atoms with Crippen LogP contribution in [0.4, 0.5) is 0 Å². The number of aliphatic hydroxyl groups is 22. The van der Waals surface area contributed by atoms with E-state index in [9.17, 15) is 151 Å². The van der Waals surface area contributed by atoms with Crippen molar-refractivity contribution in [1.82, 2.24) is 21.3 Å². The number of carbonyl (C=O) groups excluding carboxylic acids is 4. The van der Waals surface area contributed by atoms with Crippen molar-refractivity contribution < 1.29 is 218 Å². The van der Waals surface area contributed by atoms with Gasteiger partial charge in [-0.25, -0.2) is 9.59 Å². The molecule has 4 amide bonds. The Morgan fingerprint density at radius 3 is 1.15 bits per heavy atom. The van der Waals surface area contributed by atoms with Gasteiger partial charge in [0.2, 0.25) is 23.6 Å². The first-order chi connectivity index (χ1) is 67.8. The van der Waals surface area contributed by atoms with Gasteiger partial charge in [0.1, 0.15) is 159 Å². The topological polar surface area (TPSA) is 765 Å². The van der Waals surface area contributed by atoms with Crippen molar-refractivity contribution >= 4 is 35.6 Å². The van der Waals surface area contributed by atoms with Gasteiger partial charge in [0.15, 0.2) is 31.5 Å². The third-order valence-corrected chi connectivity index (χ3v) is 27.2. The lowest BCUT2D eigenvalue weighted by Crippen LogP contribution is -2.72. The highest BCUT2D eigenvalue weighted by Gasteiger charge is 2.64. The molecule has 0 aromatic heterocycles. The Kier molecular flexibility index (Phi) is 55.3. The normalized spacial score (nSPS) is 36.0. The number of hydrogen-bond donors (Lipinski definition) is 28. The third kappa shape index (κ3) is 36.2. The fourth-order valence-electron chi connectivity index (χ4n) is 19.0. The maximum atomic E-state index is 13.7. The van der Waals surface area contributed by atoms with E-state index in [1.807, 2.05) is 6.08 Å². The zero-order chi connectivity index (χ0) is 105. The van der Waals surface area contributed by atoms with Crippen molar-refractivity contribution in [2.75, 3.05) is 52.9 Å². The van der Waals surface area contributed by atoms with Crippen LogP contribution in [0.1, 0.15) is 253 Å². The Bertz CT molecular complexity index is 3620. The molecule has 7 heterocycles. The summed E-state index contributed by atoms with van der Waals surface area (Å²) in [6, 6.07) is -6.92. The van der Waals surface area contributed by atoms with E-state index in [1.165, 1.54) is 128 Å². The predicted octanol–water partition coefficient (Wildman–Crippen LogP) is -4.48. The molecule has 826 valence electrons. The summed E-state index contributed by atoms with van der Waals surface area (Å²) in [5.74, 6) is -14.5. The lowest BCUT2D eigenvalue weighted by molar-refractivity contribution is -0.395. The van der Waals surface area contributed by atoms with Gasteiger partial charge in [0, 0.05) is 40.0 Å². The first kappa shape index (κ1) is 124. The second-order valence-corrected chi connectivity index (χ2v) is 38.5. The molecule has 142 heavy (non-hydrogen) atoms. The second kappa shape index (κ2) is 63.3. The van der Waals surface area contributed by atoms with Gasteiger partial charge in [0.25, 0.3) is 11.6 Å². The number of amides is 4. The SMILES string of the molecule is CCCCCCCCCCCCC/C=C/[C@@H](O)[C@H](CO[C@@H]1OC(CO)[C@@H](O[C@@H]2OC(CO)[C@H](O[C@@H]3OC(CO)[C@H](O)[C@H](O[C@@H]4OC(CO)[C@H](O)[C@H](O[C@@H]5OC(CO[C@]6(C(=O)O)CC(O)[C@@H](NC(C)=O)C([C@H](O)[C@H](O)CO)O6)[C@H](O)[C@H](O[C@]6(C(=O)O)CC(O)[C@@H](NC(C)=O)C([C@H](O)[C@H](O)CO)O6)C5O)C4NC(C)=O)C3O)[C@H](O)C2O)[C@H](O)C1O)NC(=O)CCCCCCCCCCCCCCCCCCCCC. The Labute approximate surface area is 827 Å². The van der Waals surface area contributed by atoms with Crippen LogP contribution >= 0.6 is 0 Å². The van der Waals surface area contributed by atoms with E-state index in [2.05, 4.69) is 35.1 Å². The molecule has 0 bridgehead atoms. The summed E-state index contributed by atoms with van der Waals surface area (Å²) in [7, 11) is 0. The third-order valence-electron chi connectivity index (χ3n) is 27.2. The zero-order valence-corrected chi connectivity index (χ0v) is 82.1. The van der Waals surface area contributed by atoms with E-state index in [1.54, 1.807) is 6.08 Å². The fourth-order valence-corrected chi connectivity index (χ4v) is 19.0. The number of nitrogens with one attached hydrogen (secondary N) is 4. The molecule has 7 rings (SSSR count). The number of unbranched alkanes of at least 4 members (excludes halogenated alkanes) is 29. The molecule has 0 saturated carbocycles. The smallest absolute Gasteiger partial charge is 0.364 e. The van der Waals surface area contributed by atoms with Crippen molar-refractivity contribution in [2.24, 2.45) is 0 Å². The molecule has 7 aliphatic rings. The summed E-state index contributed by atoms with van der Waals surface area (Å²) in [6.45, 7) is -1.90. The Morgan fingerprint density at radius 1 is 0.380 bits per heavy atom. The minimum absolute atomic E-state index is 0.139.